The Balaban J connectivity index is 1.65. The van der Waals surface area contributed by atoms with Crippen molar-refractivity contribution in [2.75, 3.05) is 6.54 Å². The fourth-order valence-corrected chi connectivity index (χ4v) is 4.31. The highest BCUT2D eigenvalue weighted by Gasteiger charge is 2.37. The lowest BCUT2D eigenvalue weighted by Gasteiger charge is -2.14. The number of rotatable bonds is 6. The van der Waals surface area contributed by atoms with E-state index < -0.39 is 11.9 Å². The number of amides is 1. The topological polar surface area (TPSA) is 85.3 Å². The summed E-state index contributed by atoms with van der Waals surface area (Å²) >= 11 is 7.25. The molecule has 1 amide bonds. The molecule has 0 bridgehead atoms. The van der Waals surface area contributed by atoms with Crippen molar-refractivity contribution in [2.45, 2.75) is 26.7 Å². The summed E-state index contributed by atoms with van der Waals surface area (Å²) in [4.78, 5) is 42.9. The van der Waals surface area contributed by atoms with Crippen LogP contribution in [0.1, 0.15) is 32.3 Å². The summed E-state index contributed by atoms with van der Waals surface area (Å²) in [7, 11) is 0. The molecule has 7 nitrogen and oxygen atoms in total. The second kappa shape index (κ2) is 9.80. The fraction of sp³-hybridized carbons (Fsp3) is 0.250. The fourth-order valence-electron chi connectivity index (χ4n) is 3.18. The molecule has 2 fully saturated rings. The lowest BCUT2D eigenvalue weighted by Crippen LogP contribution is -2.31. The molecule has 0 aromatic heterocycles. The average Bonchev–Trinajstić information content (AvgIpc) is 3.53. The molecule has 0 radical (unpaired) electrons. The van der Waals surface area contributed by atoms with Gasteiger partial charge in [-0.2, -0.15) is 0 Å². The minimum Gasteiger partial charge on any atom is -0.423 e. The van der Waals surface area contributed by atoms with Crippen LogP contribution in [0.4, 0.5) is 5.69 Å². The van der Waals surface area contributed by atoms with Crippen molar-refractivity contribution in [3.05, 3.63) is 58.0 Å². The Labute approximate surface area is 200 Å². The standard InChI is InChI=1S/C24H21ClN2O5S/c1-14(28)31-20-10-5-17(11-21(20)32-15(2)29)12-22-23(30)27(13-16-3-4-16)24(33-22)26-19-8-6-18(25)7-9-19/h5-12,16H,3-4,13H2,1-2H3/b22-12+,26-24?. The Kier molecular flexibility index (Phi) is 6.85. The normalized spacial score (nSPS) is 18.2. The van der Waals surface area contributed by atoms with Gasteiger partial charge < -0.3 is 9.47 Å². The number of nitrogens with zero attached hydrogens (tertiary/aromatic N) is 2. The first-order valence-electron chi connectivity index (χ1n) is 10.3. The van der Waals surface area contributed by atoms with Crippen molar-refractivity contribution >= 4 is 58.1 Å². The molecule has 2 aromatic rings. The molecule has 1 saturated heterocycles. The number of carbonyl (C=O) groups is 3. The van der Waals surface area contributed by atoms with Gasteiger partial charge in [-0.1, -0.05) is 17.7 Å². The Bertz CT molecular complexity index is 1170. The van der Waals surface area contributed by atoms with Gasteiger partial charge in [0.25, 0.3) is 5.91 Å². The summed E-state index contributed by atoms with van der Waals surface area (Å²) < 4.78 is 10.3. The molecule has 2 aromatic carbocycles. The van der Waals surface area contributed by atoms with Crippen molar-refractivity contribution < 1.29 is 23.9 Å². The molecule has 2 aliphatic rings. The van der Waals surface area contributed by atoms with Crippen LogP contribution in [0.2, 0.25) is 5.02 Å². The number of benzene rings is 2. The highest BCUT2D eigenvalue weighted by molar-refractivity contribution is 8.18. The van der Waals surface area contributed by atoms with Crippen molar-refractivity contribution in [3.8, 4) is 11.5 Å². The van der Waals surface area contributed by atoms with Crippen LogP contribution in [0.25, 0.3) is 6.08 Å². The highest BCUT2D eigenvalue weighted by atomic mass is 35.5. The first kappa shape index (κ1) is 23.1. The summed E-state index contributed by atoms with van der Waals surface area (Å²) in [6.07, 6.45) is 3.91. The SMILES string of the molecule is CC(=O)Oc1ccc(/C=C2/SC(=Nc3ccc(Cl)cc3)N(CC3CC3)C2=O)cc1OC(C)=O. The van der Waals surface area contributed by atoms with Gasteiger partial charge >= 0.3 is 11.9 Å². The van der Waals surface area contributed by atoms with Crippen LogP contribution in [-0.4, -0.2) is 34.5 Å². The van der Waals surface area contributed by atoms with Crippen molar-refractivity contribution in [3.63, 3.8) is 0 Å². The summed E-state index contributed by atoms with van der Waals surface area (Å²) in [6, 6.07) is 11.9. The average molecular weight is 485 g/mol. The van der Waals surface area contributed by atoms with Crippen molar-refractivity contribution in [2.24, 2.45) is 10.9 Å². The second-order valence-corrected chi connectivity index (χ2v) is 9.18. The zero-order chi connectivity index (χ0) is 23.5. The molecule has 33 heavy (non-hydrogen) atoms. The number of esters is 2. The van der Waals surface area contributed by atoms with E-state index >= 15 is 0 Å². The van der Waals surface area contributed by atoms with Gasteiger partial charge in [-0.05, 0) is 78.6 Å². The van der Waals surface area contributed by atoms with E-state index in [2.05, 4.69) is 4.99 Å². The molecule has 170 valence electrons. The van der Waals surface area contributed by atoms with E-state index in [1.54, 1.807) is 47.4 Å². The number of hydrogen-bond donors (Lipinski definition) is 0. The van der Waals surface area contributed by atoms with Crippen LogP contribution >= 0.6 is 23.4 Å². The molecule has 0 atom stereocenters. The van der Waals surface area contributed by atoms with Gasteiger partial charge in [0.05, 0.1) is 10.6 Å². The van der Waals surface area contributed by atoms with E-state index in [1.165, 1.54) is 31.7 Å². The van der Waals surface area contributed by atoms with Gasteiger partial charge in [-0.3, -0.25) is 19.3 Å². The van der Waals surface area contributed by atoms with Gasteiger partial charge in [0.2, 0.25) is 0 Å². The molecule has 1 saturated carbocycles. The zero-order valence-electron chi connectivity index (χ0n) is 18.0. The number of ether oxygens (including phenoxy) is 2. The number of hydrogen-bond acceptors (Lipinski definition) is 7. The Hall–Kier alpha value is -3.10. The number of aliphatic imine (C=N–C) groups is 1. The maximum absolute atomic E-state index is 13.2. The van der Waals surface area contributed by atoms with E-state index in [0.29, 0.717) is 38.8 Å². The van der Waals surface area contributed by atoms with Gasteiger partial charge in [-0.15, -0.1) is 0 Å². The smallest absolute Gasteiger partial charge is 0.308 e. The quantitative estimate of drug-likeness (QED) is 0.318. The van der Waals surface area contributed by atoms with Gasteiger partial charge in [0.1, 0.15) is 0 Å². The largest absolute Gasteiger partial charge is 0.423 e. The minimum absolute atomic E-state index is 0.104. The van der Waals surface area contributed by atoms with Crippen LogP contribution in [0.15, 0.2) is 52.4 Å². The molecule has 0 spiro atoms. The predicted octanol–water partition coefficient (Wildman–Crippen LogP) is 5.20. The van der Waals surface area contributed by atoms with Crippen LogP contribution in [0.5, 0.6) is 11.5 Å². The first-order chi connectivity index (χ1) is 15.8. The van der Waals surface area contributed by atoms with Crippen LogP contribution in [0.3, 0.4) is 0 Å². The summed E-state index contributed by atoms with van der Waals surface area (Å²) in [5, 5.41) is 1.22. The van der Waals surface area contributed by atoms with E-state index in [-0.39, 0.29) is 17.4 Å². The lowest BCUT2D eigenvalue weighted by molar-refractivity contribution is -0.134. The third kappa shape index (κ3) is 6.03. The van der Waals surface area contributed by atoms with E-state index in [0.717, 1.165) is 12.8 Å². The predicted molar refractivity (Wildman–Crippen MR) is 128 cm³/mol. The monoisotopic (exact) mass is 484 g/mol. The molecular formula is C24H21ClN2O5S. The number of thioether (sulfide) groups is 1. The lowest BCUT2D eigenvalue weighted by atomic mass is 10.2. The van der Waals surface area contributed by atoms with Crippen molar-refractivity contribution in [1.29, 1.82) is 0 Å². The van der Waals surface area contributed by atoms with Crippen molar-refractivity contribution in [1.82, 2.24) is 4.90 Å². The second-order valence-electron chi connectivity index (χ2n) is 7.73. The first-order valence-corrected chi connectivity index (χ1v) is 11.5. The van der Waals surface area contributed by atoms with Gasteiger partial charge in [0, 0.05) is 25.4 Å². The third-order valence-electron chi connectivity index (χ3n) is 4.85. The third-order valence-corrected chi connectivity index (χ3v) is 6.11. The van der Waals surface area contributed by atoms with Gasteiger partial charge in [-0.25, -0.2) is 4.99 Å². The van der Waals surface area contributed by atoms with Crippen LogP contribution in [-0.2, 0) is 14.4 Å². The number of amidine groups is 1. The molecule has 4 rings (SSSR count). The van der Waals surface area contributed by atoms with Crippen LogP contribution < -0.4 is 9.47 Å². The maximum Gasteiger partial charge on any atom is 0.308 e. The number of halogens is 1. The molecule has 0 unspecified atom stereocenters. The zero-order valence-corrected chi connectivity index (χ0v) is 19.6. The van der Waals surface area contributed by atoms with Crippen LogP contribution in [0, 0.1) is 5.92 Å². The Morgan fingerprint density at radius 1 is 1.09 bits per heavy atom. The Morgan fingerprint density at radius 3 is 2.39 bits per heavy atom. The molecule has 0 N–H and O–H groups in total. The number of carbonyl (C=O) groups excluding carboxylic acids is 3. The molecule has 1 heterocycles. The maximum atomic E-state index is 13.2. The highest BCUT2D eigenvalue weighted by Crippen LogP contribution is 2.39. The summed E-state index contributed by atoms with van der Waals surface area (Å²) in [6.45, 7) is 3.14. The molecular weight excluding hydrogens is 464 g/mol. The summed E-state index contributed by atoms with van der Waals surface area (Å²) in [5.41, 5.74) is 1.33. The Morgan fingerprint density at radius 2 is 1.76 bits per heavy atom. The summed E-state index contributed by atoms with van der Waals surface area (Å²) in [5.74, 6) is -0.485. The molecule has 1 aliphatic carbocycles. The van der Waals surface area contributed by atoms with E-state index in [9.17, 15) is 14.4 Å². The van der Waals surface area contributed by atoms with E-state index in [1.807, 2.05) is 0 Å². The molecule has 1 aliphatic heterocycles. The van der Waals surface area contributed by atoms with E-state index in [4.69, 9.17) is 21.1 Å². The minimum atomic E-state index is -0.549. The van der Waals surface area contributed by atoms with Gasteiger partial charge in [0.15, 0.2) is 16.7 Å². The molecule has 9 heteroatoms.